The van der Waals surface area contributed by atoms with E-state index in [-0.39, 0.29) is 0 Å². The maximum absolute atomic E-state index is 2.79. The van der Waals surface area contributed by atoms with Crippen LogP contribution in [0.25, 0.3) is 21.8 Å². The monoisotopic (exact) mass is 513 g/mol. The van der Waals surface area contributed by atoms with Gasteiger partial charge in [0, 0.05) is 60.4 Å². The van der Waals surface area contributed by atoms with Crippen molar-refractivity contribution in [1.29, 1.82) is 0 Å². The molecule has 0 unspecified atom stereocenters. The lowest BCUT2D eigenvalue weighted by molar-refractivity contribution is 0.113. The van der Waals surface area contributed by atoms with Crippen LogP contribution >= 0.6 is 0 Å². The Balaban J connectivity index is 1.34. The highest BCUT2D eigenvalue weighted by atomic mass is 15.2. The summed E-state index contributed by atoms with van der Waals surface area (Å²) in [5.74, 6) is 0.455. The van der Waals surface area contributed by atoms with Crippen LogP contribution in [0.1, 0.15) is 53.5 Å². The van der Waals surface area contributed by atoms with Crippen LogP contribution in [0, 0.1) is 0 Å². The fraction of sp³-hybridized carbons (Fsp3) is 0.333. The Labute approximate surface area is 232 Å². The van der Waals surface area contributed by atoms with E-state index in [9.17, 15) is 0 Å². The molecule has 0 amide bonds. The van der Waals surface area contributed by atoms with Gasteiger partial charge in [0.1, 0.15) is 0 Å². The van der Waals surface area contributed by atoms with E-state index in [0.717, 1.165) is 26.1 Å². The molecule has 0 aliphatic carbocycles. The van der Waals surface area contributed by atoms with Gasteiger partial charge in [-0.1, -0.05) is 85.3 Å². The molecule has 39 heavy (non-hydrogen) atoms. The van der Waals surface area contributed by atoms with Gasteiger partial charge in [-0.05, 0) is 72.8 Å². The summed E-state index contributed by atoms with van der Waals surface area (Å²) in [6.45, 7) is 5.68. The van der Waals surface area contributed by atoms with Crippen LogP contribution in [0.5, 0.6) is 0 Å². The van der Waals surface area contributed by atoms with E-state index < -0.39 is 0 Å². The summed E-state index contributed by atoms with van der Waals surface area (Å²) in [6.07, 6.45) is 5.12. The molecule has 2 aliphatic heterocycles. The largest absolute Gasteiger partial charge is 0.344 e. The van der Waals surface area contributed by atoms with Gasteiger partial charge in [0.25, 0.3) is 0 Å². The zero-order valence-corrected chi connectivity index (χ0v) is 23.1. The standard InChI is InChI=1S/C36H39N3/c1-37-34-17-9-8-16-31(34)32-24-28(18-19-35(32)37)36-33(26-38-21-10-3-11-22-38)30-15-7-6-14-29(30)25-39(36)23-20-27-12-4-2-5-13-27/h2,4-9,12-19,24,33,36H,3,10-11,20-23,25-26H2,1H3/t33-,36+/m0/s1. The van der Waals surface area contributed by atoms with Crippen molar-refractivity contribution in [3.8, 4) is 0 Å². The highest BCUT2D eigenvalue weighted by molar-refractivity contribution is 6.08. The molecule has 3 heteroatoms. The van der Waals surface area contributed by atoms with Crippen molar-refractivity contribution in [2.24, 2.45) is 7.05 Å². The Kier molecular flexibility index (Phi) is 6.72. The van der Waals surface area contributed by atoms with Crippen LogP contribution in [0.2, 0.25) is 0 Å². The maximum Gasteiger partial charge on any atom is 0.0488 e. The Hall–Kier alpha value is -3.40. The number of likely N-dealkylation sites (tertiary alicyclic amines) is 1. The number of hydrogen-bond donors (Lipinski definition) is 0. The van der Waals surface area contributed by atoms with Gasteiger partial charge in [-0.25, -0.2) is 0 Å². The second-order valence-electron chi connectivity index (χ2n) is 11.7. The van der Waals surface area contributed by atoms with Gasteiger partial charge in [-0.15, -0.1) is 0 Å². The molecule has 0 spiro atoms. The summed E-state index contributed by atoms with van der Waals surface area (Å²) in [5.41, 5.74) is 8.58. The molecule has 0 saturated carbocycles. The highest BCUT2D eigenvalue weighted by Gasteiger charge is 2.37. The van der Waals surface area contributed by atoms with E-state index in [2.05, 4.69) is 118 Å². The summed E-state index contributed by atoms with van der Waals surface area (Å²) in [4.78, 5) is 5.53. The molecule has 1 aromatic heterocycles. The van der Waals surface area contributed by atoms with E-state index in [1.165, 1.54) is 70.8 Å². The van der Waals surface area contributed by atoms with Crippen molar-refractivity contribution in [3.63, 3.8) is 0 Å². The fourth-order valence-electron chi connectivity index (χ4n) is 7.35. The van der Waals surface area contributed by atoms with Crippen LogP contribution in [-0.4, -0.2) is 40.5 Å². The molecular weight excluding hydrogens is 474 g/mol. The van der Waals surface area contributed by atoms with E-state index in [0.29, 0.717) is 12.0 Å². The number of para-hydroxylation sites is 1. The van der Waals surface area contributed by atoms with Gasteiger partial charge >= 0.3 is 0 Å². The molecular formula is C36H39N3. The number of aryl methyl sites for hydroxylation is 1. The minimum atomic E-state index is 0.355. The number of benzene rings is 4. The molecule has 0 N–H and O–H groups in total. The predicted molar refractivity (Wildman–Crippen MR) is 163 cm³/mol. The molecule has 4 aromatic carbocycles. The summed E-state index contributed by atoms with van der Waals surface area (Å²) in [5, 5.41) is 2.74. The lowest BCUT2D eigenvalue weighted by Crippen LogP contribution is -2.43. The molecule has 1 fully saturated rings. The van der Waals surface area contributed by atoms with Crippen molar-refractivity contribution in [3.05, 3.63) is 119 Å². The zero-order chi connectivity index (χ0) is 26.2. The first-order valence-corrected chi connectivity index (χ1v) is 14.8. The number of aromatic nitrogens is 1. The third kappa shape index (κ3) is 4.68. The molecule has 3 heterocycles. The molecule has 7 rings (SSSR count). The molecule has 2 atom stereocenters. The minimum Gasteiger partial charge on any atom is -0.344 e. The van der Waals surface area contributed by atoms with E-state index in [4.69, 9.17) is 0 Å². The smallest absolute Gasteiger partial charge is 0.0488 e. The molecule has 198 valence electrons. The van der Waals surface area contributed by atoms with Crippen LogP contribution in [0.15, 0.2) is 97.1 Å². The van der Waals surface area contributed by atoms with E-state index in [1.54, 1.807) is 5.56 Å². The lowest BCUT2D eigenvalue weighted by Gasteiger charge is -2.45. The van der Waals surface area contributed by atoms with Crippen molar-refractivity contribution >= 4 is 21.8 Å². The first-order chi connectivity index (χ1) is 19.3. The normalized spacial score (nSPS) is 20.4. The molecule has 5 aromatic rings. The van der Waals surface area contributed by atoms with Gasteiger partial charge in [-0.2, -0.15) is 0 Å². The Morgan fingerprint density at radius 3 is 2.33 bits per heavy atom. The number of piperidine rings is 1. The van der Waals surface area contributed by atoms with Crippen LogP contribution < -0.4 is 0 Å². The van der Waals surface area contributed by atoms with Gasteiger partial charge in [-0.3, -0.25) is 4.90 Å². The van der Waals surface area contributed by atoms with Crippen LogP contribution in [-0.2, 0) is 20.0 Å². The quantitative estimate of drug-likeness (QED) is 0.230. The average Bonchev–Trinajstić information content (AvgIpc) is 3.28. The topological polar surface area (TPSA) is 11.4 Å². The second-order valence-corrected chi connectivity index (χ2v) is 11.7. The molecule has 0 bridgehead atoms. The number of rotatable bonds is 6. The number of hydrogen-bond acceptors (Lipinski definition) is 2. The fourth-order valence-corrected chi connectivity index (χ4v) is 7.35. The summed E-state index contributed by atoms with van der Waals surface area (Å²) >= 11 is 0. The van der Waals surface area contributed by atoms with Crippen LogP contribution in [0.3, 0.4) is 0 Å². The summed E-state index contributed by atoms with van der Waals surface area (Å²) < 4.78 is 2.35. The minimum absolute atomic E-state index is 0.355. The van der Waals surface area contributed by atoms with Gasteiger partial charge in [0.2, 0.25) is 0 Å². The second kappa shape index (κ2) is 10.6. The molecule has 3 nitrogen and oxygen atoms in total. The van der Waals surface area contributed by atoms with Crippen LogP contribution in [0.4, 0.5) is 0 Å². The van der Waals surface area contributed by atoms with Gasteiger partial charge in [0.05, 0.1) is 0 Å². The maximum atomic E-state index is 2.79. The first-order valence-electron chi connectivity index (χ1n) is 14.8. The van der Waals surface area contributed by atoms with Crippen molar-refractivity contribution in [2.45, 2.75) is 44.2 Å². The number of fused-ring (bicyclic) bond motifs is 4. The third-order valence-electron chi connectivity index (χ3n) is 9.32. The molecule has 0 radical (unpaired) electrons. The Morgan fingerprint density at radius 2 is 1.46 bits per heavy atom. The predicted octanol–water partition coefficient (Wildman–Crippen LogP) is 7.70. The zero-order valence-electron chi connectivity index (χ0n) is 23.1. The molecule has 2 aliphatic rings. The molecule has 1 saturated heterocycles. The van der Waals surface area contributed by atoms with Crippen molar-refractivity contribution < 1.29 is 0 Å². The van der Waals surface area contributed by atoms with E-state index in [1.807, 2.05) is 0 Å². The first kappa shape index (κ1) is 24.6. The summed E-state index contributed by atoms with van der Waals surface area (Å²) in [7, 11) is 2.20. The van der Waals surface area contributed by atoms with Gasteiger partial charge < -0.3 is 9.47 Å². The number of nitrogens with zero attached hydrogens (tertiary/aromatic N) is 3. The SMILES string of the molecule is Cn1c2ccccc2c2cc([C@@H]3[C@@H](CN4CCCCC4)c4ccccc4CN3CCc3ccccc3)ccc21. The van der Waals surface area contributed by atoms with Crippen molar-refractivity contribution in [1.82, 2.24) is 14.4 Å². The van der Waals surface area contributed by atoms with Crippen molar-refractivity contribution in [2.75, 3.05) is 26.2 Å². The Morgan fingerprint density at radius 1 is 0.718 bits per heavy atom. The van der Waals surface area contributed by atoms with E-state index >= 15 is 0 Å². The third-order valence-corrected chi connectivity index (χ3v) is 9.32. The Bertz CT molecular complexity index is 1580. The lowest BCUT2D eigenvalue weighted by atomic mass is 9.79. The highest BCUT2D eigenvalue weighted by Crippen LogP contribution is 2.44. The average molecular weight is 514 g/mol. The van der Waals surface area contributed by atoms with Gasteiger partial charge in [0.15, 0.2) is 0 Å². The summed E-state index contributed by atoms with van der Waals surface area (Å²) in [6, 6.07) is 36.8.